The van der Waals surface area contributed by atoms with Crippen molar-refractivity contribution in [1.29, 1.82) is 0 Å². The van der Waals surface area contributed by atoms with Gasteiger partial charge in [0.05, 0.1) is 6.04 Å². The van der Waals surface area contributed by atoms with E-state index in [0.717, 1.165) is 12.8 Å². The lowest BCUT2D eigenvalue weighted by atomic mass is 9.94. The van der Waals surface area contributed by atoms with Gasteiger partial charge in [-0.25, -0.2) is 9.79 Å². The lowest BCUT2D eigenvalue weighted by Crippen LogP contribution is -2.14. The third-order valence-electron chi connectivity index (χ3n) is 3.12. The van der Waals surface area contributed by atoms with E-state index in [0.29, 0.717) is 5.92 Å². The van der Waals surface area contributed by atoms with E-state index in [1.807, 2.05) is 0 Å². The Balaban J connectivity index is 3.71. The van der Waals surface area contributed by atoms with Gasteiger partial charge < -0.3 is 0 Å². The van der Waals surface area contributed by atoms with Crippen LogP contribution in [0.5, 0.6) is 0 Å². The number of hydrogen-bond donors (Lipinski definition) is 0. The highest BCUT2D eigenvalue weighted by atomic mass is 16.1. The minimum atomic E-state index is 0.203. The van der Waals surface area contributed by atoms with Gasteiger partial charge in [-0.3, -0.25) is 0 Å². The molecular formula is C13H25NO. The molecule has 0 aromatic carbocycles. The third-order valence-corrected chi connectivity index (χ3v) is 3.12. The fraction of sp³-hybridized carbons (Fsp3) is 0.923. The zero-order valence-electron chi connectivity index (χ0n) is 10.5. The lowest BCUT2D eigenvalue weighted by molar-refractivity contribution is 0.403. The highest BCUT2D eigenvalue weighted by Gasteiger charge is 2.13. The predicted octanol–water partition coefficient (Wildman–Crippen LogP) is 4.10. The summed E-state index contributed by atoms with van der Waals surface area (Å²) < 4.78 is 0. The van der Waals surface area contributed by atoms with E-state index in [1.165, 1.54) is 32.1 Å². The second-order valence-electron chi connectivity index (χ2n) is 4.38. The number of unbranched alkanes of at least 4 members (excludes halogenated alkanes) is 4. The molecule has 0 aliphatic carbocycles. The first-order chi connectivity index (χ1) is 7.26. The predicted molar refractivity (Wildman–Crippen MR) is 64.7 cm³/mol. The largest absolute Gasteiger partial charge is 0.235 e. The van der Waals surface area contributed by atoms with E-state index in [-0.39, 0.29) is 6.04 Å². The van der Waals surface area contributed by atoms with Crippen LogP contribution in [0.4, 0.5) is 0 Å². The second-order valence-corrected chi connectivity index (χ2v) is 4.38. The molecule has 0 rings (SSSR count). The molecule has 0 aliphatic rings. The fourth-order valence-corrected chi connectivity index (χ4v) is 1.77. The Morgan fingerprint density at radius 3 is 2.33 bits per heavy atom. The standard InChI is InChI=1S/C13H25NO/c1-4-6-7-8-9-10-13(14-11-15)12(3)5-2/h12-13H,4-10H2,1-3H3. The van der Waals surface area contributed by atoms with Gasteiger partial charge in [0.1, 0.15) is 0 Å². The van der Waals surface area contributed by atoms with Gasteiger partial charge in [-0.05, 0) is 12.3 Å². The third kappa shape index (κ3) is 7.33. The van der Waals surface area contributed by atoms with Crippen LogP contribution in [0.25, 0.3) is 0 Å². The van der Waals surface area contributed by atoms with Crippen LogP contribution in [0, 0.1) is 5.92 Å². The molecule has 0 bridgehead atoms. The maximum Gasteiger partial charge on any atom is 0.235 e. The van der Waals surface area contributed by atoms with Gasteiger partial charge in [0.15, 0.2) is 0 Å². The molecule has 0 amide bonds. The zero-order chi connectivity index (χ0) is 11.5. The number of rotatable bonds is 9. The molecule has 2 heteroatoms. The maximum atomic E-state index is 10.3. The van der Waals surface area contributed by atoms with Crippen LogP contribution in [0.1, 0.15) is 65.7 Å². The minimum absolute atomic E-state index is 0.203. The van der Waals surface area contributed by atoms with Crippen LogP contribution in [-0.2, 0) is 4.79 Å². The first kappa shape index (κ1) is 14.4. The average Bonchev–Trinajstić information content (AvgIpc) is 2.26. The van der Waals surface area contributed by atoms with Crippen molar-refractivity contribution >= 4 is 6.08 Å². The van der Waals surface area contributed by atoms with Crippen LogP contribution < -0.4 is 0 Å². The Morgan fingerprint density at radius 2 is 1.80 bits per heavy atom. The SMILES string of the molecule is CCCCCCCC(N=C=O)C(C)CC. The van der Waals surface area contributed by atoms with Crippen LogP contribution in [0.2, 0.25) is 0 Å². The van der Waals surface area contributed by atoms with Gasteiger partial charge in [0.2, 0.25) is 6.08 Å². The van der Waals surface area contributed by atoms with E-state index < -0.39 is 0 Å². The van der Waals surface area contributed by atoms with Crippen molar-refractivity contribution in [3.63, 3.8) is 0 Å². The van der Waals surface area contributed by atoms with E-state index >= 15 is 0 Å². The summed E-state index contributed by atoms with van der Waals surface area (Å²) in [5.74, 6) is 0.512. The van der Waals surface area contributed by atoms with Gasteiger partial charge in [-0.1, -0.05) is 59.3 Å². The van der Waals surface area contributed by atoms with Gasteiger partial charge in [0.25, 0.3) is 0 Å². The highest BCUT2D eigenvalue weighted by Crippen LogP contribution is 2.18. The van der Waals surface area contributed by atoms with Crippen LogP contribution in [0.3, 0.4) is 0 Å². The molecule has 0 aromatic rings. The molecule has 0 saturated carbocycles. The molecule has 15 heavy (non-hydrogen) atoms. The Kier molecular flexibility index (Phi) is 9.51. The van der Waals surface area contributed by atoms with E-state index in [9.17, 15) is 4.79 Å². The molecule has 0 spiro atoms. The molecule has 0 saturated heterocycles. The quantitative estimate of drug-likeness (QED) is 0.321. The summed E-state index contributed by atoms with van der Waals surface area (Å²) in [6, 6.07) is 0.203. The summed E-state index contributed by atoms with van der Waals surface area (Å²) in [6.45, 7) is 6.53. The van der Waals surface area contributed by atoms with Gasteiger partial charge in [0, 0.05) is 0 Å². The molecular weight excluding hydrogens is 186 g/mol. The monoisotopic (exact) mass is 211 g/mol. The minimum Gasteiger partial charge on any atom is -0.211 e. The lowest BCUT2D eigenvalue weighted by Gasteiger charge is -2.16. The number of aliphatic imine (C=N–C) groups is 1. The molecule has 0 aliphatic heterocycles. The van der Waals surface area contributed by atoms with Crippen molar-refractivity contribution < 1.29 is 4.79 Å². The fourth-order valence-electron chi connectivity index (χ4n) is 1.77. The Labute approximate surface area is 94.2 Å². The Bertz CT molecular complexity index is 185. The van der Waals surface area contributed by atoms with Crippen molar-refractivity contribution in [3.05, 3.63) is 0 Å². The normalized spacial score (nSPS) is 14.3. The molecule has 0 N–H and O–H groups in total. The molecule has 88 valence electrons. The first-order valence-electron chi connectivity index (χ1n) is 6.33. The second kappa shape index (κ2) is 9.92. The van der Waals surface area contributed by atoms with Gasteiger partial charge in [-0.2, -0.15) is 0 Å². The Hall–Kier alpha value is -0.620. The smallest absolute Gasteiger partial charge is 0.211 e. The van der Waals surface area contributed by atoms with E-state index in [2.05, 4.69) is 25.8 Å². The molecule has 2 unspecified atom stereocenters. The summed E-state index contributed by atoms with van der Waals surface area (Å²) in [5, 5.41) is 0. The topological polar surface area (TPSA) is 29.4 Å². The number of isocyanates is 1. The van der Waals surface area contributed by atoms with Gasteiger partial charge >= 0.3 is 0 Å². The molecule has 0 aromatic heterocycles. The number of hydrogen-bond acceptors (Lipinski definition) is 2. The maximum absolute atomic E-state index is 10.3. The van der Waals surface area contributed by atoms with Crippen molar-refractivity contribution in [3.8, 4) is 0 Å². The summed E-state index contributed by atoms with van der Waals surface area (Å²) in [6.07, 6.45) is 10.2. The van der Waals surface area contributed by atoms with Crippen LogP contribution in [0.15, 0.2) is 4.99 Å². The average molecular weight is 211 g/mol. The number of nitrogens with zero attached hydrogens (tertiary/aromatic N) is 1. The van der Waals surface area contributed by atoms with Crippen molar-refractivity contribution in [2.24, 2.45) is 10.9 Å². The van der Waals surface area contributed by atoms with Crippen LogP contribution in [-0.4, -0.2) is 12.1 Å². The van der Waals surface area contributed by atoms with E-state index in [1.54, 1.807) is 6.08 Å². The first-order valence-corrected chi connectivity index (χ1v) is 6.33. The summed E-state index contributed by atoms with van der Waals surface area (Å²) in [7, 11) is 0. The number of carbonyl (C=O) groups excluding carboxylic acids is 1. The molecule has 2 atom stereocenters. The van der Waals surface area contributed by atoms with Crippen molar-refractivity contribution in [1.82, 2.24) is 0 Å². The van der Waals surface area contributed by atoms with Crippen LogP contribution >= 0.6 is 0 Å². The summed E-state index contributed by atoms with van der Waals surface area (Å²) in [5.41, 5.74) is 0. The highest BCUT2D eigenvalue weighted by molar-refractivity contribution is 5.33. The molecule has 0 fully saturated rings. The van der Waals surface area contributed by atoms with E-state index in [4.69, 9.17) is 0 Å². The molecule has 2 nitrogen and oxygen atoms in total. The van der Waals surface area contributed by atoms with Crippen molar-refractivity contribution in [2.45, 2.75) is 71.8 Å². The van der Waals surface area contributed by atoms with Crippen molar-refractivity contribution in [2.75, 3.05) is 0 Å². The zero-order valence-corrected chi connectivity index (χ0v) is 10.5. The summed E-state index contributed by atoms with van der Waals surface area (Å²) in [4.78, 5) is 14.2. The summed E-state index contributed by atoms with van der Waals surface area (Å²) >= 11 is 0. The molecule has 0 heterocycles. The molecule has 0 radical (unpaired) electrons. The van der Waals surface area contributed by atoms with Gasteiger partial charge in [-0.15, -0.1) is 0 Å². The Morgan fingerprint density at radius 1 is 1.13 bits per heavy atom.